The SMILES string of the molecule is O=S([O-])c1cccc(N2C3CCC2COC3)c1. The van der Waals surface area contributed by atoms with E-state index in [-0.39, 0.29) is 0 Å². The first kappa shape index (κ1) is 11.2. The van der Waals surface area contributed by atoms with Crippen LogP contribution in [0.1, 0.15) is 12.8 Å². The number of benzene rings is 1. The number of ether oxygens (including phenoxy) is 1. The van der Waals surface area contributed by atoms with Crippen LogP contribution in [0.5, 0.6) is 0 Å². The van der Waals surface area contributed by atoms with E-state index in [1.165, 1.54) is 0 Å². The van der Waals surface area contributed by atoms with Crippen LogP contribution < -0.4 is 4.90 Å². The molecule has 3 unspecified atom stereocenters. The third kappa shape index (κ3) is 1.99. The molecule has 17 heavy (non-hydrogen) atoms. The normalized spacial score (nSPS) is 29.4. The van der Waals surface area contributed by atoms with Crippen molar-refractivity contribution in [2.24, 2.45) is 0 Å². The highest BCUT2D eigenvalue weighted by molar-refractivity contribution is 7.79. The van der Waals surface area contributed by atoms with Gasteiger partial charge in [0.05, 0.1) is 25.3 Å². The van der Waals surface area contributed by atoms with Gasteiger partial charge in [0.15, 0.2) is 0 Å². The van der Waals surface area contributed by atoms with Crippen LogP contribution in [0.4, 0.5) is 5.69 Å². The first-order valence-electron chi connectivity index (χ1n) is 5.81. The number of hydrogen-bond donors (Lipinski definition) is 0. The summed E-state index contributed by atoms with van der Waals surface area (Å²) in [5, 5.41) is 0. The van der Waals surface area contributed by atoms with Gasteiger partial charge in [-0.1, -0.05) is 6.07 Å². The summed E-state index contributed by atoms with van der Waals surface area (Å²) in [6.45, 7) is 1.50. The Balaban J connectivity index is 1.93. The average molecular weight is 252 g/mol. The molecule has 2 saturated heterocycles. The maximum Gasteiger partial charge on any atom is 0.0671 e. The van der Waals surface area contributed by atoms with Gasteiger partial charge in [-0.2, -0.15) is 0 Å². The highest BCUT2D eigenvalue weighted by Crippen LogP contribution is 2.34. The number of nitrogens with zero attached hydrogens (tertiary/aromatic N) is 1. The molecule has 0 spiro atoms. The third-order valence-corrected chi connectivity index (χ3v) is 4.19. The molecule has 4 nitrogen and oxygen atoms in total. The molecule has 0 aliphatic carbocycles. The number of fused-ring (bicyclic) bond motifs is 2. The zero-order valence-electron chi connectivity index (χ0n) is 9.37. The second kappa shape index (κ2) is 4.40. The second-order valence-corrected chi connectivity index (χ2v) is 5.50. The Morgan fingerprint density at radius 3 is 2.65 bits per heavy atom. The van der Waals surface area contributed by atoms with E-state index in [9.17, 15) is 8.76 Å². The van der Waals surface area contributed by atoms with Gasteiger partial charge >= 0.3 is 0 Å². The Morgan fingerprint density at radius 1 is 1.29 bits per heavy atom. The summed E-state index contributed by atoms with van der Waals surface area (Å²) >= 11 is -2.15. The Labute approximate surface area is 103 Å². The van der Waals surface area contributed by atoms with Crippen molar-refractivity contribution in [2.75, 3.05) is 18.1 Å². The molecule has 2 heterocycles. The largest absolute Gasteiger partial charge is 0.768 e. The van der Waals surface area contributed by atoms with Gasteiger partial charge in [-0.3, -0.25) is 4.21 Å². The fraction of sp³-hybridized carbons (Fsp3) is 0.500. The fourth-order valence-electron chi connectivity index (χ4n) is 2.80. The Kier molecular flexibility index (Phi) is 2.90. The topological polar surface area (TPSA) is 52.6 Å². The minimum atomic E-state index is -2.15. The summed E-state index contributed by atoms with van der Waals surface area (Å²) < 4.78 is 27.5. The molecule has 0 amide bonds. The van der Waals surface area contributed by atoms with Crippen molar-refractivity contribution >= 4 is 16.8 Å². The zero-order chi connectivity index (χ0) is 11.8. The van der Waals surface area contributed by atoms with Gasteiger partial charge in [-0.05, 0) is 42.1 Å². The van der Waals surface area contributed by atoms with Crippen molar-refractivity contribution in [3.63, 3.8) is 0 Å². The Bertz CT molecular complexity index is 435. The molecule has 2 fully saturated rings. The van der Waals surface area contributed by atoms with Crippen LogP contribution in [0.25, 0.3) is 0 Å². The molecule has 5 heteroatoms. The van der Waals surface area contributed by atoms with E-state index in [1.807, 2.05) is 6.07 Å². The molecule has 92 valence electrons. The second-order valence-electron chi connectivity index (χ2n) is 4.56. The van der Waals surface area contributed by atoms with Crippen LogP contribution in [0.15, 0.2) is 29.2 Å². The van der Waals surface area contributed by atoms with E-state index in [0.29, 0.717) is 17.0 Å². The molecule has 1 aromatic carbocycles. The summed E-state index contributed by atoms with van der Waals surface area (Å²) in [4.78, 5) is 2.67. The number of rotatable bonds is 2. The molecule has 0 aromatic heterocycles. The van der Waals surface area contributed by atoms with Gasteiger partial charge < -0.3 is 14.2 Å². The van der Waals surface area contributed by atoms with E-state index in [0.717, 1.165) is 31.7 Å². The van der Waals surface area contributed by atoms with E-state index in [1.54, 1.807) is 18.2 Å². The van der Waals surface area contributed by atoms with Crippen LogP contribution in [-0.4, -0.2) is 34.1 Å². The Morgan fingerprint density at radius 2 is 2.00 bits per heavy atom. The summed E-state index contributed by atoms with van der Waals surface area (Å²) in [5.41, 5.74) is 1.00. The number of hydrogen-bond acceptors (Lipinski definition) is 4. The van der Waals surface area contributed by atoms with E-state index < -0.39 is 11.1 Å². The molecule has 3 atom stereocenters. The lowest BCUT2D eigenvalue weighted by Gasteiger charge is -2.36. The van der Waals surface area contributed by atoms with Crippen molar-refractivity contribution in [1.29, 1.82) is 0 Å². The molecule has 2 aliphatic rings. The molecule has 0 N–H and O–H groups in total. The van der Waals surface area contributed by atoms with Crippen LogP contribution in [0, 0.1) is 0 Å². The number of morpholine rings is 1. The maximum atomic E-state index is 11.0. The molecule has 1 aromatic rings. The zero-order valence-corrected chi connectivity index (χ0v) is 10.2. The highest BCUT2D eigenvalue weighted by Gasteiger charge is 2.37. The van der Waals surface area contributed by atoms with Gasteiger partial charge in [0.2, 0.25) is 0 Å². The van der Waals surface area contributed by atoms with Gasteiger partial charge in [0.25, 0.3) is 0 Å². The van der Waals surface area contributed by atoms with Crippen LogP contribution in [0.2, 0.25) is 0 Å². The van der Waals surface area contributed by atoms with Crippen LogP contribution in [0.3, 0.4) is 0 Å². The number of anilines is 1. The van der Waals surface area contributed by atoms with E-state index >= 15 is 0 Å². The average Bonchev–Trinajstić information content (AvgIpc) is 2.59. The standard InChI is InChI=1S/C12H15NO3S/c14-17(15)12-3-1-2-9(6-12)13-10-4-5-11(13)8-16-7-10/h1-3,6,10-11H,4-5,7-8H2,(H,14,15)/p-1. The van der Waals surface area contributed by atoms with E-state index in [4.69, 9.17) is 4.74 Å². The highest BCUT2D eigenvalue weighted by atomic mass is 32.2. The smallest absolute Gasteiger partial charge is 0.0671 e. The van der Waals surface area contributed by atoms with Gasteiger partial charge in [0.1, 0.15) is 0 Å². The lowest BCUT2D eigenvalue weighted by atomic mass is 10.2. The monoisotopic (exact) mass is 252 g/mol. The summed E-state index contributed by atoms with van der Waals surface area (Å²) in [6.07, 6.45) is 2.27. The first-order valence-corrected chi connectivity index (χ1v) is 6.88. The van der Waals surface area contributed by atoms with Crippen molar-refractivity contribution in [3.8, 4) is 0 Å². The van der Waals surface area contributed by atoms with E-state index in [2.05, 4.69) is 4.90 Å². The van der Waals surface area contributed by atoms with Crippen molar-refractivity contribution in [1.82, 2.24) is 0 Å². The van der Waals surface area contributed by atoms with Gasteiger partial charge in [0, 0.05) is 10.6 Å². The molecular weight excluding hydrogens is 238 g/mol. The third-order valence-electron chi connectivity index (χ3n) is 3.55. The molecule has 2 bridgehead atoms. The van der Waals surface area contributed by atoms with Gasteiger partial charge in [-0.15, -0.1) is 0 Å². The van der Waals surface area contributed by atoms with Crippen molar-refractivity contribution in [3.05, 3.63) is 24.3 Å². The molecule has 0 radical (unpaired) electrons. The molecule has 3 rings (SSSR count). The minimum absolute atomic E-state index is 0.355. The molecular formula is C12H14NO3S-. The first-order chi connectivity index (χ1) is 8.25. The summed E-state index contributed by atoms with van der Waals surface area (Å²) in [6, 6.07) is 7.96. The quantitative estimate of drug-likeness (QED) is 0.744. The maximum absolute atomic E-state index is 11.0. The predicted molar refractivity (Wildman–Crippen MR) is 63.7 cm³/mol. The predicted octanol–water partition coefficient (Wildman–Crippen LogP) is 1.29. The summed E-state index contributed by atoms with van der Waals surface area (Å²) in [7, 11) is 0. The molecule has 0 saturated carbocycles. The summed E-state index contributed by atoms with van der Waals surface area (Å²) in [5.74, 6) is 0. The van der Waals surface area contributed by atoms with Crippen LogP contribution >= 0.6 is 0 Å². The van der Waals surface area contributed by atoms with Crippen LogP contribution in [-0.2, 0) is 15.8 Å². The lowest BCUT2D eigenvalue weighted by Crippen LogP contribution is -2.45. The fourth-order valence-corrected chi connectivity index (χ4v) is 3.20. The van der Waals surface area contributed by atoms with Gasteiger partial charge in [-0.25, -0.2) is 0 Å². The van der Waals surface area contributed by atoms with Crippen molar-refractivity contribution in [2.45, 2.75) is 29.8 Å². The Hall–Kier alpha value is -0.910. The minimum Gasteiger partial charge on any atom is -0.768 e. The lowest BCUT2D eigenvalue weighted by molar-refractivity contribution is 0.0906. The molecule has 2 aliphatic heterocycles. The van der Waals surface area contributed by atoms with Crippen molar-refractivity contribution < 1.29 is 13.5 Å².